The molecule has 2 rings (SSSR count). The monoisotopic (exact) mass is 270 g/mol. The molecule has 1 fully saturated rings. The second-order valence-corrected chi connectivity index (χ2v) is 5.23. The lowest BCUT2D eigenvalue weighted by molar-refractivity contribution is -0.121. The summed E-state index contributed by atoms with van der Waals surface area (Å²) in [4.78, 5) is 11.8. The summed E-state index contributed by atoms with van der Waals surface area (Å²) in [6.07, 6.45) is 2.81. The number of amides is 1. The van der Waals surface area contributed by atoms with Crippen LogP contribution in [0, 0.1) is 5.82 Å². The number of nitrogens with two attached hydrogens (primary N) is 1. The Morgan fingerprint density at radius 1 is 1.44 bits per heavy atom. The van der Waals surface area contributed by atoms with E-state index in [1.807, 2.05) is 0 Å². The van der Waals surface area contributed by atoms with Gasteiger partial charge in [-0.2, -0.15) is 0 Å². The van der Waals surface area contributed by atoms with Crippen molar-refractivity contribution in [2.75, 3.05) is 0 Å². The van der Waals surface area contributed by atoms with E-state index in [-0.39, 0.29) is 24.4 Å². The first kappa shape index (κ1) is 13.3. The number of carbonyl (C=O) groups excluding carboxylic acids is 1. The van der Waals surface area contributed by atoms with E-state index in [1.165, 1.54) is 12.1 Å². The van der Waals surface area contributed by atoms with Crippen LogP contribution in [0.15, 0.2) is 18.2 Å². The Morgan fingerprint density at radius 3 is 2.83 bits per heavy atom. The SMILES string of the molecule is N[C@@H]1CC[C@H](NC(=O)Cc2cc(F)cc(Cl)c2)C1. The molecular weight excluding hydrogens is 255 g/mol. The molecule has 1 aromatic rings. The van der Waals surface area contributed by atoms with Crippen LogP contribution in [0.1, 0.15) is 24.8 Å². The van der Waals surface area contributed by atoms with Crippen LogP contribution >= 0.6 is 11.6 Å². The van der Waals surface area contributed by atoms with Gasteiger partial charge in [0.25, 0.3) is 0 Å². The molecule has 18 heavy (non-hydrogen) atoms. The fourth-order valence-corrected chi connectivity index (χ4v) is 2.57. The molecule has 3 N–H and O–H groups in total. The molecule has 1 amide bonds. The van der Waals surface area contributed by atoms with Crippen LogP contribution in [0.25, 0.3) is 0 Å². The summed E-state index contributed by atoms with van der Waals surface area (Å²) in [6, 6.07) is 4.48. The zero-order valence-corrected chi connectivity index (χ0v) is 10.7. The van der Waals surface area contributed by atoms with Gasteiger partial charge in [-0.1, -0.05) is 11.6 Å². The van der Waals surface area contributed by atoms with Crippen LogP contribution in [-0.2, 0) is 11.2 Å². The van der Waals surface area contributed by atoms with E-state index in [1.54, 1.807) is 6.07 Å². The summed E-state index contributed by atoms with van der Waals surface area (Å²) in [5.41, 5.74) is 6.36. The summed E-state index contributed by atoms with van der Waals surface area (Å²) in [7, 11) is 0. The largest absolute Gasteiger partial charge is 0.353 e. The van der Waals surface area contributed by atoms with Crippen molar-refractivity contribution in [1.82, 2.24) is 5.32 Å². The van der Waals surface area contributed by atoms with Crippen molar-refractivity contribution in [3.8, 4) is 0 Å². The molecule has 2 atom stereocenters. The van der Waals surface area contributed by atoms with Gasteiger partial charge < -0.3 is 11.1 Å². The standard InChI is InChI=1S/C13H16ClFN2O/c14-9-3-8(4-10(15)6-9)5-13(18)17-12-2-1-11(16)7-12/h3-4,6,11-12H,1-2,5,7,16H2,(H,17,18)/t11-,12+/m1/s1. The van der Waals surface area contributed by atoms with Crippen LogP contribution < -0.4 is 11.1 Å². The Hall–Kier alpha value is -1.13. The lowest BCUT2D eigenvalue weighted by Crippen LogP contribution is -2.35. The normalized spacial score (nSPS) is 23.1. The minimum atomic E-state index is -0.423. The molecule has 3 nitrogen and oxygen atoms in total. The van der Waals surface area contributed by atoms with E-state index in [2.05, 4.69) is 5.32 Å². The molecule has 1 aliphatic rings. The number of hydrogen-bond donors (Lipinski definition) is 2. The summed E-state index contributed by atoms with van der Waals surface area (Å²) in [5, 5.41) is 3.22. The van der Waals surface area contributed by atoms with Crippen LogP contribution in [-0.4, -0.2) is 18.0 Å². The maximum absolute atomic E-state index is 13.1. The van der Waals surface area contributed by atoms with Crippen LogP contribution in [0.5, 0.6) is 0 Å². The second kappa shape index (κ2) is 5.67. The molecule has 0 heterocycles. The van der Waals surface area contributed by atoms with Crippen molar-refractivity contribution >= 4 is 17.5 Å². The summed E-state index contributed by atoms with van der Waals surface area (Å²) < 4.78 is 13.1. The fourth-order valence-electron chi connectivity index (χ4n) is 2.32. The predicted octanol–water partition coefficient (Wildman–Crippen LogP) is 2.02. The molecule has 1 aliphatic carbocycles. The van der Waals surface area contributed by atoms with E-state index in [4.69, 9.17) is 17.3 Å². The minimum absolute atomic E-state index is 0.115. The molecular formula is C13H16ClFN2O. The van der Waals surface area contributed by atoms with Gasteiger partial charge in [-0.3, -0.25) is 4.79 Å². The molecule has 1 saturated carbocycles. The molecule has 0 aromatic heterocycles. The first-order valence-corrected chi connectivity index (χ1v) is 6.40. The summed E-state index contributed by atoms with van der Waals surface area (Å²) in [5.74, 6) is -0.538. The Labute approximate surface area is 111 Å². The van der Waals surface area contributed by atoms with E-state index in [0.29, 0.717) is 10.6 Å². The maximum atomic E-state index is 13.1. The lowest BCUT2D eigenvalue weighted by atomic mass is 10.1. The molecule has 0 saturated heterocycles. The third-order valence-electron chi connectivity index (χ3n) is 3.13. The highest BCUT2D eigenvalue weighted by Gasteiger charge is 2.23. The van der Waals surface area contributed by atoms with Gasteiger partial charge in [0.05, 0.1) is 6.42 Å². The van der Waals surface area contributed by atoms with Gasteiger partial charge in [-0.25, -0.2) is 4.39 Å². The third kappa shape index (κ3) is 3.68. The van der Waals surface area contributed by atoms with E-state index >= 15 is 0 Å². The maximum Gasteiger partial charge on any atom is 0.224 e. The topological polar surface area (TPSA) is 55.1 Å². The van der Waals surface area contributed by atoms with Crippen LogP contribution in [0.2, 0.25) is 5.02 Å². The average molecular weight is 271 g/mol. The van der Waals surface area contributed by atoms with Crippen molar-refractivity contribution in [3.05, 3.63) is 34.6 Å². The quantitative estimate of drug-likeness (QED) is 0.883. The molecule has 5 heteroatoms. The van der Waals surface area contributed by atoms with Gasteiger partial charge in [0.15, 0.2) is 0 Å². The smallest absolute Gasteiger partial charge is 0.224 e. The lowest BCUT2D eigenvalue weighted by Gasteiger charge is -2.12. The number of hydrogen-bond acceptors (Lipinski definition) is 2. The van der Waals surface area contributed by atoms with E-state index in [0.717, 1.165) is 19.3 Å². The highest BCUT2D eigenvalue weighted by molar-refractivity contribution is 6.30. The number of carbonyl (C=O) groups is 1. The molecule has 1 aromatic carbocycles. The van der Waals surface area contributed by atoms with Crippen LogP contribution in [0.4, 0.5) is 4.39 Å². The second-order valence-electron chi connectivity index (χ2n) is 4.79. The van der Waals surface area contributed by atoms with Gasteiger partial charge in [-0.15, -0.1) is 0 Å². The van der Waals surface area contributed by atoms with Crippen molar-refractivity contribution in [2.24, 2.45) is 5.73 Å². The molecule has 0 bridgehead atoms. The Morgan fingerprint density at radius 2 is 2.22 bits per heavy atom. The molecule has 0 spiro atoms. The Bertz CT molecular complexity index is 432. The average Bonchev–Trinajstić information content (AvgIpc) is 2.61. The van der Waals surface area contributed by atoms with Gasteiger partial charge >= 0.3 is 0 Å². The summed E-state index contributed by atoms with van der Waals surface area (Å²) in [6.45, 7) is 0. The van der Waals surface area contributed by atoms with Crippen molar-refractivity contribution < 1.29 is 9.18 Å². The zero-order valence-electron chi connectivity index (χ0n) is 9.96. The summed E-state index contributed by atoms with van der Waals surface area (Å²) >= 11 is 5.73. The van der Waals surface area contributed by atoms with E-state index < -0.39 is 5.82 Å². The molecule has 0 unspecified atom stereocenters. The number of nitrogens with one attached hydrogen (secondary N) is 1. The van der Waals surface area contributed by atoms with E-state index in [9.17, 15) is 9.18 Å². The fraction of sp³-hybridized carbons (Fsp3) is 0.462. The van der Waals surface area contributed by atoms with Crippen LogP contribution in [0.3, 0.4) is 0 Å². The van der Waals surface area contributed by atoms with Crippen molar-refractivity contribution in [3.63, 3.8) is 0 Å². The van der Waals surface area contributed by atoms with Crippen molar-refractivity contribution in [2.45, 2.75) is 37.8 Å². The first-order chi connectivity index (χ1) is 8.52. The van der Waals surface area contributed by atoms with Crippen molar-refractivity contribution in [1.29, 1.82) is 0 Å². The number of rotatable bonds is 3. The number of halogens is 2. The molecule has 98 valence electrons. The highest BCUT2D eigenvalue weighted by atomic mass is 35.5. The Balaban J connectivity index is 1.90. The molecule has 0 aliphatic heterocycles. The van der Waals surface area contributed by atoms with Gasteiger partial charge in [0.2, 0.25) is 5.91 Å². The van der Waals surface area contributed by atoms with Gasteiger partial charge in [0.1, 0.15) is 5.82 Å². The Kier molecular flexibility index (Phi) is 4.19. The third-order valence-corrected chi connectivity index (χ3v) is 3.34. The minimum Gasteiger partial charge on any atom is -0.353 e. The number of benzene rings is 1. The van der Waals surface area contributed by atoms with Gasteiger partial charge in [-0.05, 0) is 43.0 Å². The first-order valence-electron chi connectivity index (χ1n) is 6.03. The molecule has 0 radical (unpaired) electrons. The zero-order chi connectivity index (χ0) is 13.1. The predicted molar refractivity (Wildman–Crippen MR) is 68.9 cm³/mol. The highest BCUT2D eigenvalue weighted by Crippen LogP contribution is 2.18. The van der Waals surface area contributed by atoms with Gasteiger partial charge in [0, 0.05) is 17.1 Å².